The molecule has 3 unspecified atom stereocenters. The predicted octanol–water partition coefficient (Wildman–Crippen LogP) is 1.08. The highest BCUT2D eigenvalue weighted by Crippen LogP contribution is 2.13. The highest BCUT2D eigenvalue weighted by molar-refractivity contribution is 5.85. The minimum absolute atomic E-state index is 0. The molecule has 1 fully saturated rings. The summed E-state index contributed by atoms with van der Waals surface area (Å²) in [5.74, 6) is 0.740. The second-order valence-corrected chi connectivity index (χ2v) is 5.61. The number of aliphatic hydroxyl groups excluding tert-OH is 1. The van der Waals surface area contributed by atoms with Crippen LogP contribution in [0.2, 0.25) is 0 Å². The summed E-state index contributed by atoms with van der Waals surface area (Å²) in [5, 5.41) is 13.1. The molecule has 22 heavy (non-hydrogen) atoms. The summed E-state index contributed by atoms with van der Waals surface area (Å²) < 4.78 is 18.1. The molecule has 1 aromatic carbocycles. The van der Waals surface area contributed by atoms with Crippen LogP contribution in [0.15, 0.2) is 24.3 Å². The zero-order valence-corrected chi connectivity index (χ0v) is 13.7. The van der Waals surface area contributed by atoms with Crippen molar-refractivity contribution in [3.8, 4) is 5.75 Å². The van der Waals surface area contributed by atoms with Gasteiger partial charge in [0.05, 0.1) is 0 Å². The molecule has 126 valence electrons. The normalized spacial score (nSPS) is 25.5. The summed E-state index contributed by atoms with van der Waals surface area (Å²) in [4.78, 5) is 0. The maximum atomic E-state index is 12.7. The van der Waals surface area contributed by atoms with E-state index in [0.29, 0.717) is 30.3 Å². The van der Waals surface area contributed by atoms with Gasteiger partial charge in [-0.05, 0) is 38.1 Å². The molecule has 3 atom stereocenters. The van der Waals surface area contributed by atoms with Gasteiger partial charge in [0.1, 0.15) is 24.3 Å². The Morgan fingerprint density at radius 3 is 2.41 bits per heavy atom. The molecule has 0 spiro atoms. The second kappa shape index (κ2) is 9.27. The summed E-state index contributed by atoms with van der Waals surface area (Å²) in [7, 11) is 0. The maximum absolute atomic E-state index is 12.7. The van der Waals surface area contributed by atoms with E-state index in [9.17, 15) is 9.50 Å². The smallest absolute Gasteiger partial charge is 0.123 e. The first kappa shape index (κ1) is 19.1. The Morgan fingerprint density at radius 1 is 1.23 bits per heavy atom. The van der Waals surface area contributed by atoms with Gasteiger partial charge in [0.2, 0.25) is 0 Å². The van der Waals surface area contributed by atoms with E-state index in [4.69, 9.17) is 4.74 Å². The fourth-order valence-corrected chi connectivity index (χ4v) is 2.46. The van der Waals surface area contributed by atoms with Gasteiger partial charge in [-0.2, -0.15) is 0 Å². The van der Waals surface area contributed by atoms with Crippen LogP contribution in [0, 0.1) is 11.7 Å². The Bertz CT molecular complexity index is 425. The lowest BCUT2D eigenvalue weighted by Gasteiger charge is -2.20. The van der Waals surface area contributed by atoms with Crippen LogP contribution in [0.3, 0.4) is 0 Å². The molecule has 0 aromatic heterocycles. The van der Waals surface area contributed by atoms with Crippen molar-refractivity contribution in [1.29, 1.82) is 0 Å². The van der Waals surface area contributed by atoms with Gasteiger partial charge in [-0.3, -0.25) is 10.9 Å². The molecule has 0 saturated carbocycles. The monoisotopic (exact) mass is 333 g/mol. The lowest BCUT2D eigenvalue weighted by Crippen LogP contribution is -2.39. The van der Waals surface area contributed by atoms with Gasteiger partial charge in [-0.1, -0.05) is 0 Å². The molecular formula is C15H25ClFN3O2. The predicted molar refractivity (Wildman–Crippen MR) is 86.7 cm³/mol. The molecule has 1 aromatic rings. The quantitative estimate of drug-likeness (QED) is 0.601. The molecular weight excluding hydrogens is 309 g/mol. The molecule has 5 nitrogen and oxygen atoms in total. The number of ether oxygens (including phenoxy) is 1. The molecule has 1 saturated heterocycles. The van der Waals surface area contributed by atoms with E-state index >= 15 is 0 Å². The van der Waals surface area contributed by atoms with Crippen molar-refractivity contribution in [3.05, 3.63) is 30.1 Å². The summed E-state index contributed by atoms with van der Waals surface area (Å²) in [6.45, 7) is 5.76. The molecule has 0 amide bonds. The van der Waals surface area contributed by atoms with E-state index in [1.165, 1.54) is 12.1 Å². The number of benzene rings is 1. The molecule has 7 heteroatoms. The van der Waals surface area contributed by atoms with Crippen molar-refractivity contribution in [3.63, 3.8) is 0 Å². The second-order valence-electron chi connectivity index (χ2n) is 5.61. The molecule has 2 rings (SSSR count). The first-order valence-corrected chi connectivity index (χ1v) is 7.34. The maximum Gasteiger partial charge on any atom is 0.123 e. The fourth-order valence-electron chi connectivity index (χ4n) is 2.46. The van der Waals surface area contributed by atoms with Gasteiger partial charge in [0.15, 0.2) is 0 Å². The minimum atomic E-state index is -0.594. The SMILES string of the molecule is CC1NNC(C)C1CNCC(O)COc1ccc(F)cc1.Cl. The number of nitrogens with one attached hydrogen (secondary N) is 3. The van der Waals surface area contributed by atoms with Gasteiger partial charge < -0.3 is 15.2 Å². The van der Waals surface area contributed by atoms with Crippen LogP contribution in [-0.4, -0.2) is 43.0 Å². The van der Waals surface area contributed by atoms with Crippen LogP contribution >= 0.6 is 12.4 Å². The molecule has 1 aliphatic rings. The third-order valence-electron chi connectivity index (χ3n) is 3.84. The van der Waals surface area contributed by atoms with Crippen molar-refractivity contribution in [1.82, 2.24) is 16.2 Å². The highest BCUT2D eigenvalue weighted by atomic mass is 35.5. The number of aliphatic hydroxyl groups is 1. The highest BCUT2D eigenvalue weighted by Gasteiger charge is 2.29. The van der Waals surface area contributed by atoms with Crippen molar-refractivity contribution in [2.75, 3.05) is 19.7 Å². The number of halogens is 2. The topological polar surface area (TPSA) is 65.5 Å². The van der Waals surface area contributed by atoms with Crippen molar-refractivity contribution < 1.29 is 14.2 Å². The van der Waals surface area contributed by atoms with E-state index in [0.717, 1.165) is 6.54 Å². The summed E-state index contributed by atoms with van der Waals surface area (Å²) in [5.41, 5.74) is 6.40. The molecule has 0 aliphatic carbocycles. The zero-order chi connectivity index (χ0) is 15.2. The van der Waals surface area contributed by atoms with E-state index < -0.39 is 6.10 Å². The van der Waals surface area contributed by atoms with E-state index in [1.54, 1.807) is 12.1 Å². The summed E-state index contributed by atoms with van der Waals surface area (Å²) in [6, 6.07) is 6.58. The molecule has 4 N–H and O–H groups in total. The Kier molecular flexibility index (Phi) is 8.06. The van der Waals surface area contributed by atoms with E-state index in [2.05, 4.69) is 30.0 Å². The minimum Gasteiger partial charge on any atom is -0.491 e. The van der Waals surface area contributed by atoms with E-state index in [-0.39, 0.29) is 24.8 Å². The Balaban J connectivity index is 0.00000242. The largest absolute Gasteiger partial charge is 0.491 e. The van der Waals surface area contributed by atoms with Crippen molar-refractivity contribution in [2.24, 2.45) is 5.92 Å². The average Bonchev–Trinajstić information content (AvgIpc) is 2.78. The number of rotatable bonds is 7. The first-order valence-electron chi connectivity index (χ1n) is 7.34. The Hall–Kier alpha value is -0.920. The molecule has 1 heterocycles. The Morgan fingerprint density at radius 2 is 1.82 bits per heavy atom. The molecule has 0 radical (unpaired) electrons. The van der Waals surface area contributed by atoms with Gasteiger partial charge in [-0.15, -0.1) is 12.4 Å². The zero-order valence-electron chi connectivity index (χ0n) is 12.9. The Labute approximate surface area is 137 Å². The number of hydrazine groups is 1. The fraction of sp³-hybridized carbons (Fsp3) is 0.600. The van der Waals surface area contributed by atoms with Crippen LogP contribution < -0.4 is 20.9 Å². The van der Waals surface area contributed by atoms with Gasteiger partial charge in [0.25, 0.3) is 0 Å². The summed E-state index contributed by atoms with van der Waals surface area (Å²) in [6.07, 6.45) is -0.594. The third kappa shape index (κ3) is 5.70. The van der Waals surface area contributed by atoms with Gasteiger partial charge in [0, 0.05) is 31.1 Å². The van der Waals surface area contributed by atoms with Crippen LogP contribution in [-0.2, 0) is 0 Å². The molecule has 0 bridgehead atoms. The third-order valence-corrected chi connectivity index (χ3v) is 3.84. The van der Waals surface area contributed by atoms with Crippen LogP contribution in [0.4, 0.5) is 4.39 Å². The lowest BCUT2D eigenvalue weighted by atomic mass is 9.97. The van der Waals surface area contributed by atoms with Crippen molar-refractivity contribution in [2.45, 2.75) is 32.0 Å². The first-order chi connectivity index (χ1) is 10.1. The standard InChI is InChI=1S/C15H24FN3O2.ClH/c1-10-15(11(2)19-18-10)8-17-7-13(20)9-21-14-5-3-12(16)4-6-14;/h3-6,10-11,13,15,17-20H,7-9H2,1-2H3;1H. The van der Waals surface area contributed by atoms with Gasteiger partial charge in [-0.25, -0.2) is 4.39 Å². The van der Waals surface area contributed by atoms with Crippen LogP contribution in [0.5, 0.6) is 5.75 Å². The van der Waals surface area contributed by atoms with E-state index in [1.807, 2.05) is 0 Å². The average molecular weight is 334 g/mol. The van der Waals surface area contributed by atoms with Crippen LogP contribution in [0.25, 0.3) is 0 Å². The number of hydrogen-bond donors (Lipinski definition) is 4. The lowest BCUT2D eigenvalue weighted by molar-refractivity contribution is 0.105. The molecule has 1 aliphatic heterocycles. The van der Waals surface area contributed by atoms with Gasteiger partial charge >= 0.3 is 0 Å². The van der Waals surface area contributed by atoms with Crippen LogP contribution in [0.1, 0.15) is 13.8 Å². The van der Waals surface area contributed by atoms with Crippen molar-refractivity contribution >= 4 is 12.4 Å². The number of hydrogen-bond acceptors (Lipinski definition) is 5. The summed E-state index contributed by atoms with van der Waals surface area (Å²) >= 11 is 0.